The van der Waals surface area contributed by atoms with Crippen molar-refractivity contribution in [1.82, 2.24) is 9.97 Å². The van der Waals surface area contributed by atoms with Crippen LogP contribution in [0.3, 0.4) is 0 Å². The maximum Gasteiger partial charge on any atom is 2.00 e. The summed E-state index contributed by atoms with van der Waals surface area (Å²) in [7, 11) is 0. The van der Waals surface area contributed by atoms with Crippen LogP contribution >= 0.6 is 0 Å². The molecule has 0 N–H and O–H groups in total. The van der Waals surface area contributed by atoms with Gasteiger partial charge in [0.15, 0.2) is 0 Å². The summed E-state index contributed by atoms with van der Waals surface area (Å²) in [5.74, 6) is 1.14. The van der Waals surface area contributed by atoms with Crippen molar-refractivity contribution in [2.24, 2.45) is 0 Å². The van der Waals surface area contributed by atoms with E-state index in [1.54, 1.807) is 18.5 Å². The summed E-state index contributed by atoms with van der Waals surface area (Å²) in [4.78, 5) is 8.81. The first-order valence-corrected chi connectivity index (χ1v) is 10.5. The third-order valence-electron chi connectivity index (χ3n) is 5.67. The number of pyridine rings is 2. The van der Waals surface area contributed by atoms with E-state index in [9.17, 15) is 0 Å². The topological polar surface area (TPSA) is 35.0 Å². The van der Waals surface area contributed by atoms with Gasteiger partial charge in [-0.1, -0.05) is 47.4 Å². The molecule has 0 atom stereocenters. The number of rotatable bonds is 4. The van der Waals surface area contributed by atoms with Crippen molar-refractivity contribution in [1.29, 1.82) is 0 Å². The van der Waals surface area contributed by atoms with E-state index in [0.29, 0.717) is 17.7 Å². The predicted molar refractivity (Wildman–Crippen MR) is 128 cm³/mol. The van der Waals surface area contributed by atoms with Crippen molar-refractivity contribution in [2.45, 2.75) is 0 Å². The summed E-state index contributed by atoms with van der Waals surface area (Å²) >= 11 is 0. The molecule has 0 unspecified atom stereocenters. The Morgan fingerprint density at radius 1 is 0.727 bits per heavy atom. The van der Waals surface area contributed by atoms with Gasteiger partial charge >= 0.3 is 21.1 Å². The van der Waals surface area contributed by atoms with Gasteiger partial charge in [-0.05, 0) is 18.2 Å². The molecule has 0 spiro atoms. The minimum absolute atomic E-state index is 0. The quantitative estimate of drug-likeness (QED) is 0.225. The summed E-state index contributed by atoms with van der Waals surface area (Å²) in [6.07, 6.45) is 3.30. The van der Waals surface area contributed by atoms with Crippen molar-refractivity contribution >= 4 is 23.2 Å². The molecule has 158 valence electrons. The molecule has 33 heavy (non-hydrogen) atoms. The van der Waals surface area contributed by atoms with E-state index >= 15 is 0 Å². The maximum atomic E-state index is 7.81. The van der Waals surface area contributed by atoms with Gasteiger partial charge in [0.25, 0.3) is 0 Å². The number of hydrogen-bond donors (Lipinski definition) is 0. The summed E-state index contributed by atoms with van der Waals surface area (Å²) in [5.41, 5.74) is 7.42. The van der Waals surface area contributed by atoms with Gasteiger partial charge in [-0.25, -0.2) is 16.1 Å². The second kappa shape index (κ2) is 9.17. The molecule has 1 aliphatic rings. The number of fused-ring (bicyclic) bond motifs is 3. The molecule has 5 aromatic rings. The van der Waals surface area contributed by atoms with Gasteiger partial charge in [0, 0.05) is 29.8 Å². The Morgan fingerprint density at radius 2 is 1.61 bits per heavy atom. The minimum atomic E-state index is -0.0234. The Balaban J connectivity index is 0.00000241. The second-order valence-electron chi connectivity index (χ2n) is 7.60. The summed E-state index contributed by atoms with van der Waals surface area (Å²) in [6, 6.07) is 35.2. The smallest absolute Gasteiger partial charge is 0.460 e. The van der Waals surface area contributed by atoms with E-state index in [1.165, 1.54) is 11.0 Å². The Bertz CT molecular complexity index is 1460. The first kappa shape index (κ1) is 20.1. The van der Waals surface area contributed by atoms with Gasteiger partial charge in [0.05, 0.1) is 1.37 Å². The Morgan fingerprint density at radius 3 is 2.45 bits per heavy atom. The molecule has 1 aliphatic heterocycles. The van der Waals surface area contributed by atoms with Crippen molar-refractivity contribution in [3.05, 3.63) is 115 Å². The van der Waals surface area contributed by atoms with Gasteiger partial charge in [-0.2, -0.15) is 29.7 Å². The first-order valence-electron chi connectivity index (χ1n) is 11.0. The molecular formula is C28H17BN2OPt. The zero-order valence-electron chi connectivity index (χ0n) is 18.4. The molecule has 3 heterocycles. The average Bonchev–Trinajstić information content (AvgIpc) is 3.19. The van der Waals surface area contributed by atoms with Crippen LogP contribution < -0.4 is 21.3 Å². The Kier molecular flexibility index (Phi) is 5.60. The summed E-state index contributed by atoms with van der Waals surface area (Å²) in [5, 5.41) is 0. The summed E-state index contributed by atoms with van der Waals surface area (Å²) in [6.45, 7) is -0.0234. The third-order valence-corrected chi connectivity index (χ3v) is 5.67. The molecule has 6 rings (SSSR count). The van der Waals surface area contributed by atoms with Crippen LogP contribution in [0.25, 0.3) is 22.3 Å². The van der Waals surface area contributed by atoms with E-state index in [2.05, 4.69) is 58.5 Å². The van der Waals surface area contributed by atoms with Crippen LogP contribution in [0.5, 0.6) is 11.6 Å². The van der Waals surface area contributed by atoms with Gasteiger partial charge in [-0.3, -0.25) is 4.98 Å². The molecule has 0 aliphatic carbocycles. The van der Waals surface area contributed by atoms with Crippen molar-refractivity contribution in [3.8, 4) is 33.9 Å². The maximum absolute atomic E-state index is 7.81. The largest absolute Gasteiger partial charge is 2.00 e. The van der Waals surface area contributed by atoms with Gasteiger partial charge < -0.3 is 4.74 Å². The fourth-order valence-corrected chi connectivity index (χ4v) is 4.27. The monoisotopic (exact) mass is 604 g/mol. The molecule has 0 saturated heterocycles. The molecule has 0 bridgehead atoms. The predicted octanol–water partition coefficient (Wildman–Crippen LogP) is 4.03. The molecule has 0 radical (unpaired) electrons. The van der Waals surface area contributed by atoms with Crippen LogP contribution in [0, 0.1) is 12.1 Å². The molecule has 3 aromatic carbocycles. The van der Waals surface area contributed by atoms with Crippen molar-refractivity contribution in [2.75, 3.05) is 0 Å². The van der Waals surface area contributed by atoms with E-state index in [0.717, 1.165) is 27.7 Å². The molecule has 0 fully saturated rings. The van der Waals surface area contributed by atoms with Crippen LogP contribution in [-0.4, -0.2) is 16.7 Å². The zero-order valence-corrected chi connectivity index (χ0v) is 19.7. The van der Waals surface area contributed by atoms with Gasteiger partial charge in [-0.15, -0.1) is 23.8 Å². The van der Waals surface area contributed by atoms with E-state index in [4.69, 9.17) is 6.11 Å². The van der Waals surface area contributed by atoms with E-state index in [1.807, 2.05) is 42.5 Å². The van der Waals surface area contributed by atoms with Crippen molar-refractivity contribution < 1.29 is 27.2 Å². The normalized spacial score (nSPS) is 11.8. The number of ether oxygens (including phenoxy) is 1. The van der Waals surface area contributed by atoms with Crippen molar-refractivity contribution in [3.63, 3.8) is 0 Å². The molecule has 5 heteroatoms. The molecule has 0 saturated carbocycles. The van der Waals surface area contributed by atoms with E-state index in [-0.39, 0.29) is 27.8 Å². The third kappa shape index (κ3) is 4.03. The first-order chi connectivity index (χ1) is 16.3. The number of nitrogens with zero attached hydrogens (tertiary/aromatic N) is 2. The van der Waals surface area contributed by atoms with E-state index < -0.39 is 0 Å². The van der Waals surface area contributed by atoms with Crippen LogP contribution in [-0.2, 0) is 21.1 Å². The number of hydrogen-bond acceptors (Lipinski definition) is 3. The summed E-state index contributed by atoms with van der Waals surface area (Å²) < 4.78 is 13.7. The Labute approximate surface area is 209 Å². The molecule has 3 nitrogen and oxygen atoms in total. The fourth-order valence-electron chi connectivity index (χ4n) is 4.27. The van der Waals surface area contributed by atoms with Gasteiger partial charge in [0.1, 0.15) is 0 Å². The zero-order chi connectivity index (χ0) is 22.2. The fraction of sp³-hybridized carbons (Fsp3) is 0. The second-order valence-corrected chi connectivity index (χ2v) is 7.60. The molecule has 0 amide bonds. The average molecular weight is 604 g/mol. The number of benzene rings is 3. The van der Waals surface area contributed by atoms with Crippen LogP contribution in [0.4, 0.5) is 0 Å². The van der Waals surface area contributed by atoms with Gasteiger partial charge in [0.2, 0.25) is 12.6 Å². The van der Waals surface area contributed by atoms with Crippen LogP contribution in [0.15, 0.2) is 103 Å². The molecule has 2 aromatic heterocycles. The van der Waals surface area contributed by atoms with Crippen LogP contribution in [0.1, 0.15) is 1.37 Å². The standard InChI is InChI=1S/C28H17BN2O.Pt/c1-2-11-25-23(10-1)24-15-14-21(19-26(24)29(25)27-12-3-5-16-30-27)20-8-7-9-22(18-20)32-28-13-4-6-17-31-28;/h1-17H;/q-2;+2/i5D;. The van der Waals surface area contributed by atoms with Crippen LogP contribution in [0.2, 0.25) is 0 Å². The molecular weight excluding hydrogens is 586 g/mol. The SMILES string of the molecule is [2H]c1ccc(B2c3[c-]c(-c4[c-]c(Oc5ccccn5)ccc4)ccc3-c3ccccc32)nc1.[Pt+2]. The minimum Gasteiger partial charge on any atom is -0.460 e. The Hall–Kier alpha value is -3.49. The number of aromatic nitrogens is 2.